The van der Waals surface area contributed by atoms with Crippen molar-refractivity contribution in [3.05, 3.63) is 46.7 Å². The van der Waals surface area contributed by atoms with E-state index in [9.17, 15) is 9.59 Å². The van der Waals surface area contributed by atoms with Gasteiger partial charge in [0.05, 0.1) is 18.2 Å². The van der Waals surface area contributed by atoms with E-state index in [-0.39, 0.29) is 17.7 Å². The van der Waals surface area contributed by atoms with Crippen LogP contribution < -0.4 is 5.32 Å². The molecule has 7 nitrogen and oxygen atoms in total. The number of carbonyl (C=O) groups excluding carboxylic acids is 2. The first-order chi connectivity index (χ1) is 16.1. The van der Waals surface area contributed by atoms with Crippen LogP contribution in [0.3, 0.4) is 0 Å². The molecule has 1 aromatic carbocycles. The van der Waals surface area contributed by atoms with E-state index in [1.807, 2.05) is 30.0 Å². The van der Waals surface area contributed by atoms with Crippen LogP contribution in [0.4, 0.5) is 5.13 Å². The first-order valence-corrected chi connectivity index (χ1v) is 12.7. The lowest BCUT2D eigenvalue weighted by Crippen LogP contribution is -2.49. The van der Waals surface area contributed by atoms with Crippen LogP contribution in [-0.2, 0) is 22.6 Å². The van der Waals surface area contributed by atoms with Crippen LogP contribution in [-0.4, -0.2) is 52.8 Å². The molecule has 3 aromatic rings. The summed E-state index contributed by atoms with van der Waals surface area (Å²) >= 11 is 1.53. The molecular formula is C25H30N4O3S. The number of para-hydroxylation sites is 1. The zero-order chi connectivity index (χ0) is 22.8. The third-order valence-corrected chi connectivity index (χ3v) is 7.56. The second-order valence-electron chi connectivity index (χ2n) is 8.92. The van der Waals surface area contributed by atoms with Gasteiger partial charge in [0.15, 0.2) is 5.13 Å². The molecule has 3 heterocycles. The Balaban J connectivity index is 1.20. The number of rotatable bonds is 6. The van der Waals surface area contributed by atoms with Gasteiger partial charge in [0.1, 0.15) is 11.3 Å². The van der Waals surface area contributed by atoms with E-state index in [1.165, 1.54) is 11.3 Å². The Hall–Kier alpha value is -2.71. The number of thiazole rings is 1. The highest BCUT2D eigenvalue weighted by Gasteiger charge is 2.34. The Labute approximate surface area is 197 Å². The van der Waals surface area contributed by atoms with Crippen LogP contribution >= 0.6 is 11.3 Å². The minimum Gasteiger partial charge on any atom is -0.460 e. The van der Waals surface area contributed by atoms with Gasteiger partial charge in [0.25, 0.3) is 0 Å². The van der Waals surface area contributed by atoms with Gasteiger partial charge in [-0.05, 0) is 37.8 Å². The Kier molecular flexibility index (Phi) is 6.46. The molecule has 1 unspecified atom stereocenters. The molecule has 33 heavy (non-hydrogen) atoms. The van der Waals surface area contributed by atoms with Crippen molar-refractivity contribution in [2.75, 3.05) is 31.5 Å². The number of anilines is 1. The van der Waals surface area contributed by atoms with Crippen LogP contribution in [0, 0.1) is 0 Å². The summed E-state index contributed by atoms with van der Waals surface area (Å²) in [6.07, 6.45) is 4.05. The van der Waals surface area contributed by atoms with E-state index >= 15 is 0 Å². The summed E-state index contributed by atoms with van der Waals surface area (Å²) in [4.78, 5) is 35.5. The van der Waals surface area contributed by atoms with Crippen molar-refractivity contribution in [1.82, 2.24) is 14.8 Å². The number of piperazine rings is 1. The topological polar surface area (TPSA) is 78.7 Å². The van der Waals surface area contributed by atoms with Gasteiger partial charge in [0.2, 0.25) is 11.8 Å². The molecule has 1 fully saturated rings. The largest absolute Gasteiger partial charge is 0.460 e. The highest BCUT2D eigenvalue weighted by atomic mass is 32.1. The molecule has 1 saturated heterocycles. The van der Waals surface area contributed by atoms with Crippen molar-refractivity contribution in [3.63, 3.8) is 0 Å². The van der Waals surface area contributed by atoms with Gasteiger partial charge < -0.3 is 14.6 Å². The van der Waals surface area contributed by atoms with Crippen molar-refractivity contribution in [2.45, 2.75) is 51.5 Å². The average Bonchev–Trinajstić information content (AvgIpc) is 3.41. The number of hydrogen-bond acceptors (Lipinski definition) is 6. The second kappa shape index (κ2) is 9.65. The smallest absolute Gasteiger partial charge is 0.231 e. The number of aryl methyl sites for hydroxylation is 1. The summed E-state index contributed by atoms with van der Waals surface area (Å²) < 4.78 is 5.97. The lowest BCUT2D eigenvalue weighted by atomic mass is 9.89. The van der Waals surface area contributed by atoms with Gasteiger partial charge >= 0.3 is 0 Å². The molecule has 174 valence electrons. The van der Waals surface area contributed by atoms with Crippen LogP contribution in [0.15, 0.2) is 34.7 Å². The molecule has 0 spiro atoms. The zero-order valence-electron chi connectivity index (χ0n) is 19.0. The molecule has 0 saturated carbocycles. The maximum atomic E-state index is 13.4. The van der Waals surface area contributed by atoms with Crippen molar-refractivity contribution in [1.29, 1.82) is 0 Å². The zero-order valence-corrected chi connectivity index (χ0v) is 19.8. The fourth-order valence-electron chi connectivity index (χ4n) is 4.80. The van der Waals surface area contributed by atoms with Crippen molar-refractivity contribution < 1.29 is 14.0 Å². The maximum Gasteiger partial charge on any atom is 0.231 e. The molecule has 0 radical (unpaired) electrons. The molecule has 0 bridgehead atoms. The van der Waals surface area contributed by atoms with Gasteiger partial charge in [-0.3, -0.25) is 14.5 Å². The Bertz CT molecular complexity index is 1110. The van der Waals surface area contributed by atoms with Gasteiger partial charge in [-0.1, -0.05) is 25.1 Å². The van der Waals surface area contributed by atoms with Crippen molar-refractivity contribution in [2.24, 2.45) is 0 Å². The van der Waals surface area contributed by atoms with Crippen LogP contribution in [0.25, 0.3) is 11.0 Å². The second-order valence-corrected chi connectivity index (χ2v) is 10.0. The van der Waals surface area contributed by atoms with Crippen LogP contribution in [0.2, 0.25) is 0 Å². The minimum atomic E-state index is -0.191. The first kappa shape index (κ1) is 22.1. The first-order valence-electron chi connectivity index (χ1n) is 11.9. The SMILES string of the molecule is CCCC(=O)Nc1nc2c(s1)CCCC2C(=O)N1CCN(Cc2cc3ccccc3o2)CC1. The summed E-state index contributed by atoms with van der Waals surface area (Å²) in [5.41, 5.74) is 1.80. The van der Waals surface area contributed by atoms with E-state index in [2.05, 4.69) is 27.3 Å². The van der Waals surface area contributed by atoms with Crippen LogP contribution in [0.1, 0.15) is 54.9 Å². The summed E-state index contributed by atoms with van der Waals surface area (Å²) in [5.74, 6) is 0.944. The molecule has 5 rings (SSSR count). The van der Waals surface area contributed by atoms with Gasteiger partial charge in [-0.25, -0.2) is 4.98 Å². The third kappa shape index (κ3) is 4.82. The van der Waals surface area contributed by atoms with E-state index in [0.29, 0.717) is 11.6 Å². The number of aromatic nitrogens is 1. The minimum absolute atomic E-state index is 0.00736. The van der Waals surface area contributed by atoms with Gasteiger partial charge in [0, 0.05) is 42.9 Å². The third-order valence-electron chi connectivity index (χ3n) is 6.52. The van der Waals surface area contributed by atoms with Crippen LogP contribution in [0.5, 0.6) is 0 Å². The van der Waals surface area contributed by atoms with E-state index in [4.69, 9.17) is 4.42 Å². The van der Waals surface area contributed by atoms with Crippen molar-refractivity contribution in [3.8, 4) is 0 Å². The number of hydrogen-bond donors (Lipinski definition) is 1. The molecule has 2 aliphatic rings. The summed E-state index contributed by atoms with van der Waals surface area (Å²) in [6.45, 7) is 5.84. The fourth-order valence-corrected chi connectivity index (χ4v) is 5.88. The standard InChI is InChI=1S/C25H30N4O3S/c1-2-6-22(30)26-25-27-23-19(8-5-10-21(23)33-25)24(31)29-13-11-28(12-14-29)16-18-15-17-7-3-4-9-20(17)32-18/h3-4,7,9,15,19H,2,5-6,8,10-14,16H2,1H3,(H,26,27,30). The number of amides is 2. The highest BCUT2D eigenvalue weighted by molar-refractivity contribution is 7.15. The molecule has 8 heteroatoms. The number of nitrogens with zero attached hydrogens (tertiary/aromatic N) is 3. The molecule has 2 amide bonds. The summed E-state index contributed by atoms with van der Waals surface area (Å²) in [6, 6.07) is 10.2. The fraction of sp³-hybridized carbons (Fsp3) is 0.480. The quantitative estimate of drug-likeness (QED) is 0.583. The summed E-state index contributed by atoms with van der Waals surface area (Å²) in [7, 11) is 0. The van der Waals surface area contributed by atoms with Gasteiger partial charge in [-0.15, -0.1) is 11.3 Å². The van der Waals surface area contributed by atoms with E-state index in [1.54, 1.807) is 0 Å². The maximum absolute atomic E-state index is 13.4. The lowest BCUT2D eigenvalue weighted by molar-refractivity contribution is -0.135. The normalized spacial score (nSPS) is 18.9. The van der Waals surface area contributed by atoms with Crippen molar-refractivity contribution >= 4 is 39.3 Å². The highest BCUT2D eigenvalue weighted by Crippen LogP contribution is 2.38. The summed E-state index contributed by atoms with van der Waals surface area (Å²) in [5, 5.41) is 4.67. The molecule has 1 N–H and O–H groups in total. The predicted octanol–water partition coefficient (Wildman–Crippen LogP) is 4.39. The Morgan fingerprint density at radius 1 is 1.21 bits per heavy atom. The number of furan rings is 1. The number of carbonyl (C=O) groups is 2. The lowest BCUT2D eigenvalue weighted by Gasteiger charge is -2.36. The molecule has 1 aliphatic heterocycles. The van der Waals surface area contributed by atoms with E-state index < -0.39 is 0 Å². The number of benzene rings is 1. The predicted molar refractivity (Wildman–Crippen MR) is 129 cm³/mol. The molecule has 1 atom stereocenters. The molecule has 1 aliphatic carbocycles. The number of fused-ring (bicyclic) bond motifs is 2. The number of nitrogens with one attached hydrogen (secondary N) is 1. The molecular weight excluding hydrogens is 436 g/mol. The Morgan fingerprint density at radius 3 is 2.82 bits per heavy atom. The molecule has 2 aromatic heterocycles. The average molecular weight is 467 g/mol. The van der Waals surface area contributed by atoms with Gasteiger partial charge in [-0.2, -0.15) is 0 Å². The van der Waals surface area contributed by atoms with E-state index in [0.717, 1.165) is 85.7 Å². The Morgan fingerprint density at radius 2 is 2.03 bits per heavy atom. The monoisotopic (exact) mass is 466 g/mol.